The normalized spacial score (nSPS) is 14.0. The van der Waals surface area contributed by atoms with Gasteiger partial charge >= 0.3 is 12.1 Å². The van der Waals surface area contributed by atoms with Crippen LogP contribution in [0.3, 0.4) is 0 Å². The van der Waals surface area contributed by atoms with E-state index in [0.717, 1.165) is 11.6 Å². The summed E-state index contributed by atoms with van der Waals surface area (Å²) in [5.41, 5.74) is -1.31. The Kier molecular flexibility index (Phi) is 7.23. The summed E-state index contributed by atoms with van der Waals surface area (Å²) in [6, 6.07) is 4.56. The van der Waals surface area contributed by atoms with Crippen molar-refractivity contribution in [1.29, 1.82) is 0 Å². The van der Waals surface area contributed by atoms with Crippen LogP contribution in [0.4, 0.5) is 18.9 Å². The van der Waals surface area contributed by atoms with E-state index in [1.807, 2.05) is 20.8 Å². The molecule has 0 amide bonds. The smallest absolute Gasteiger partial charge is 0.420 e. The van der Waals surface area contributed by atoms with Crippen molar-refractivity contribution in [2.45, 2.75) is 48.8 Å². The number of alkyl halides is 3. The minimum Gasteiger partial charge on any atom is -0.492 e. The van der Waals surface area contributed by atoms with Gasteiger partial charge in [0.05, 0.1) is 27.1 Å². The van der Waals surface area contributed by atoms with Crippen molar-refractivity contribution < 1.29 is 37.5 Å². The van der Waals surface area contributed by atoms with Gasteiger partial charge in [-0.25, -0.2) is 4.79 Å². The van der Waals surface area contributed by atoms with Crippen LogP contribution in [0.15, 0.2) is 34.3 Å². The van der Waals surface area contributed by atoms with Gasteiger partial charge < -0.3 is 14.6 Å². The first kappa shape index (κ1) is 27.5. The first-order valence-corrected chi connectivity index (χ1v) is 12.3. The fourth-order valence-corrected chi connectivity index (χ4v) is 5.29. The van der Waals surface area contributed by atoms with E-state index in [2.05, 4.69) is 10.2 Å². The predicted molar refractivity (Wildman–Crippen MR) is 130 cm³/mol. The molecule has 1 aliphatic heterocycles. The zero-order chi connectivity index (χ0) is 28.0. The zero-order valence-electron chi connectivity index (χ0n) is 20.1. The monoisotopic (exact) mass is 572 g/mol. The molecule has 15 heteroatoms. The number of carboxylic acids is 1. The predicted octanol–water partition coefficient (Wildman–Crippen LogP) is 5.69. The fourth-order valence-electron chi connectivity index (χ4n) is 4.10. The Morgan fingerprint density at radius 3 is 2.55 bits per heavy atom. The van der Waals surface area contributed by atoms with Crippen molar-refractivity contribution in [1.82, 2.24) is 14.8 Å². The maximum Gasteiger partial charge on any atom is 0.420 e. The number of nitro groups is 1. The van der Waals surface area contributed by atoms with Crippen LogP contribution in [-0.2, 0) is 22.8 Å². The zero-order valence-corrected chi connectivity index (χ0v) is 21.7. The summed E-state index contributed by atoms with van der Waals surface area (Å²) < 4.78 is 52.9. The quantitative estimate of drug-likeness (QED) is 0.267. The molecule has 4 rings (SSSR count). The molecule has 0 saturated carbocycles. The van der Waals surface area contributed by atoms with Gasteiger partial charge in [-0.15, -0.1) is 10.2 Å². The number of rotatable bonds is 8. The molecule has 0 aliphatic carbocycles. The van der Waals surface area contributed by atoms with Crippen LogP contribution >= 0.6 is 23.4 Å². The third-order valence-electron chi connectivity index (χ3n) is 5.74. The van der Waals surface area contributed by atoms with Crippen molar-refractivity contribution in [3.05, 3.63) is 56.4 Å². The average molecular weight is 573 g/mol. The lowest BCUT2D eigenvalue weighted by atomic mass is 9.78. The molecule has 0 bridgehead atoms. The lowest BCUT2D eigenvalue weighted by Crippen LogP contribution is -2.29. The summed E-state index contributed by atoms with van der Waals surface area (Å²) in [7, 11) is 0. The van der Waals surface area contributed by atoms with E-state index >= 15 is 0 Å². The highest BCUT2D eigenvalue weighted by Gasteiger charge is 2.39. The van der Waals surface area contributed by atoms with Crippen LogP contribution in [0.5, 0.6) is 11.5 Å². The SMILES string of the molecule is CCOc1cc2c(cc1Cl)-n1c(nnc1Sc1cc(OCC(=O)O)c(C(F)(F)F)cc1[N+](=O)[O-])CC2(C)C. The average Bonchev–Trinajstić information content (AvgIpc) is 3.19. The van der Waals surface area contributed by atoms with Crippen LogP contribution in [0, 0.1) is 10.1 Å². The number of nitrogens with zero attached hydrogens (tertiary/aromatic N) is 4. The molecule has 0 saturated heterocycles. The summed E-state index contributed by atoms with van der Waals surface area (Å²) in [4.78, 5) is 21.4. The largest absolute Gasteiger partial charge is 0.492 e. The molecule has 2 heterocycles. The van der Waals surface area contributed by atoms with Gasteiger partial charge in [0.1, 0.15) is 22.9 Å². The number of benzene rings is 2. The standard InChI is InChI=1S/C23H20ClF3N4O6S/c1-4-36-17-6-11-14(7-13(17)24)30-19(9-22(11,2)3)28-29-21(30)38-18-8-16(37-10-20(32)33)12(23(25,26)27)5-15(18)31(34)35/h5-8H,4,9-10H2,1-3H3,(H,32,33). The summed E-state index contributed by atoms with van der Waals surface area (Å²) >= 11 is 7.14. The number of ether oxygens (including phenoxy) is 2. The van der Waals surface area contributed by atoms with E-state index in [4.69, 9.17) is 26.2 Å². The molecule has 202 valence electrons. The lowest BCUT2D eigenvalue weighted by Gasteiger charge is -2.33. The maximum absolute atomic E-state index is 13.6. The van der Waals surface area contributed by atoms with Crippen LogP contribution in [0.2, 0.25) is 5.02 Å². The van der Waals surface area contributed by atoms with Crippen molar-refractivity contribution in [2.75, 3.05) is 13.2 Å². The molecular weight excluding hydrogens is 553 g/mol. The molecule has 1 aliphatic rings. The van der Waals surface area contributed by atoms with Gasteiger partial charge in [0, 0.05) is 18.6 Å². The highest BCUT2D eigenvalue weighted by Crippen LogP contribution is 2.47. The number of halogens is 4. The Hall–Kier alpha value is -3.52. The highest BCUT2D eigenvalue weighted by atomic mass is 35.5. The second-order valence-electron chi connectivity index (χ2n) is 8.88. The van der Waals surface area contributed by atoms with Gasteiger partial charge in [0.15, 0.2) is 6.61 Å². The molecular formula is C23H20ClF3N4O6S. The molecule has 10 nitrogen and oxygen atoms in total. The van der Waals surface area contributed by atoms with E-state index in [-0.39, 0.29) is 10.1 Å². The van der Waals surface area contributed by atoms with Gasteiger partial charge in [-0.1, -0.05) is 25.4 Å². The molecule has 38 heavy (non-hydrogen) atoms. The van der Waals surface area contributed by atoms with E-state index < -0.39 is 46.1 Å². The second kappa shape index (κ2) is 9.98. The molecule has 3 aromatic rings. The van der Waals surface area contributed by atoms with Crippen molar-refractivity contribution >= 4 is 35.0 Å². The topological polar surface area (TPSA) is 130 Å². The van der Waals surface area contributed by atoms with Crippen molar-refractivity contribution in [3.8, 4) is 17.2 Å². The molecule has 0 fully saturated rings. The number of carboxylic acid groups (broad SMARTS) is 1. The minimum atomic E-state index is -5.03. The van der Waals surface area contributed by atoms with Gasteiger partial charge in [-0.2, -0.15) is 13.2 Å². The van der Waals surface area contributed by atoms with E-state index in [1.54, 1.807) is 16.7 Å². The van der Waals surface area contributed by atoms with E-state index in [9.17, 15) is 28.1 Å². The number of carbonyl (C=O) groups is 1. The molecule has 0 spiro atoms. The maximum atomic E-state index is 13.6. The van der Waals surface area contributed by atoms with E-state index in [1.165, 1.54) is 0 Å². The summed E-state index contributed by atoms with van der Waals surface area (Å²) in [5, 5.41) is 29.4. The van der Waals surface area contributed by atoms with E-state index in [0.29, 0.717) is 53.1 Å². The van der Waals surface area contributed by atoms with Gasteiger partial charge in [0.2, 0.25) is 5.16 Å². The molecule has 0 unspecified atom stereocenters. The lowest BCUT2D eigenvalue weighted by molar-refractivity contribution is -0.388. The first-order chi connectivity index (χ1) is 17.7. The number of fused-ring (bicyclic) bond motifs is 3. The third-order valence-corrected chi connectivity index (χ3v) is 7.03. The van der Waals surface area contributed by atoms with Crippen LogP contribution in [0.25, 0.3) is 5.69 Å². The third kappa shape index (κ3) is 5.23. The van der Waals surface area contributed by atoms with Crippen LogP contribution in [-0.4, -0.2) is 44.0 Å². The fraction of sp³-hybridized carbons (Fsp3) is 0.348. The molecule has 0 radical (unpaired) electrons. The van der Waals surface area contributed by atoms with Gasteiger partial charge in [0.25, 0.3) is 5.69 Å². The number of aliphatic carboxylic acids is 1. The van der Waals surface area contributed by atoms with Crippen molar-refractivity contribution in [3.63, 3.8) is 0 Å². The molecule has 1 N–H and O–H groups in total. The summed E-state index contributed by atoms with van der Waals surface area (Å²) in [5.74, 6) is -1.38. The molecule has 1 aromatic heterocycles. The number of nitro benzene ring substituents is 1. The summed E-state index contributed by atoms with van der Waals surface area (Å²) in [6.07, 6.45) is -4.60. The molecule has 0 atom stereocenters. The number of hydrogen-bond acceptors (Lipinski definition) is 8. The van der Waals surface area contributed by atoms with Crippen LogP contribution in [0.1, 0.15) is 37.7 Å². The Balaban J connectivity index is 1.86. The molecule has 2 aromatic carbocycles. The first-order valence-electron chi connectivity index (χ1n) is 11.1. The Morgan fingerprint density at radius 1 is 1.24 bits per heavy atom. The highest BCUT2D eigenvalue weighted by molar-refractivity contribution is 7.99. The second-order valence-corrected chi connectivity index (χ2v) is 10.3. The Bertz CT molecular complexity index is 1440. The minimum absolute atomic E-state index is 0.129. The number of aromatic nitrogens is 3. The van der Waals surface area contributed by atoms with Crippen LogP contribution < -0.4 is 9.47 Å². The van der Waals surface area contributed by atoms with Gasteiger partial charge in [-0.05, 0) is 41.8 Å². The van der Waals surface area contributed by atoms with Gasteiger partial charge in [-0.3, -0.25) is 14.7 Å². The van der Waals surface area contributed by atoms with Crippen molar-refractivity contribution in [2.24, 2.45) is 0 Å². The Labute approximate surface area is 222 Å². The number of hydrogen-bond donors (Lipinski definition) is 1. The Morgan fingerprint density at radius 2 is 1.95 bits per heavy atom. The summed E-state index contributed by atoms with van der Waals surface area (Å²) in [6.45, 7) is 5.12.